The summed E-state index contributed by atoms with van der Waals surface area (Å²) in [5.41, 5.74) is 2.87. The Balaban J connectivity index is 1.61. The fraction of sp³-hybridized carbons (Fsp3) is 0.394. The van der Waals surface area contributed by atoms with Gasteiger partial charge in [0.05, 0.1) is 0 Å². The van der Waals surface area contributed by atoms with Crippen LogP contribution >= 0.6 is 23.2 Å². The number of carbonyl (C=O) groups is 2. The molecule has 5 nitrogen and oxygen atoms in total. The number of halogens is 2. The van der Waals surface area contributed by atoms with Crippen LogP contribution in [0.15, 0.2) is 72.8 Å². The van der Waals surface area contributed by atoms with E-state index in [1.165, 1.54) is 5.56 Å². The van der Waals surface area contributed by atoms with Gasteiger partial charge < -0.3 is 15.0 Å². The molecule has 0 saturated heterocycles. The van der Waals surface area contributed by atoms with E-state index in [9.17, 15) is 9.59 Å². The quantitative estimate of drug-likeness (QED) is 0.272. The Morgan fingerprint density at radius 2 is 1.65 bits per heavy atom. The van der Waals surface area contributed by atoms with Crippen LogP contribution in [-0.2, 0) is 28.0 Å². The molecule has 1 fully saturated rings. The first-order valence-corrected chi connectivity index (χ1v) is 14.7. The Kier molecular flexibility index (Phi) is 10.2. The molecule has 0 heterocycles. The van der Waals surface area contributed by atoms with Gasteiger partial charge in [-0.25, -0.2) is 0 Å². The lowest BCUT2D eigenvalue weighted by atomic mass is 9.87. The molecule has 3 aromatic carbocycles. The monoisotopic (exact) mass is 580 g/mol. The van der Waals surface area contributed by atoms with Crippen molar-refractivity contribution >= 4 is 35.0 Å². The molecule has 1 aliphatic carbocycles. The zero-order valence-corrected chi connectivity index (χ0v) is 25.0. The van der Waals surface area contributed by atoms with E-state index in [-0.39, 0.29) is 36.4 Å². The molecule has 1 aliphatic rings. The summed E-state index contributed by atoms with van der Waals surface area (Å²) in [5, 5.41) is 4.16. The van der Waals surface area contributed by atoms with Gasteiger partial charge in [-0.2, -0.15) is 0 Å². The second kappa shape index (κ2) is 13.6. The lowest BCUT2D eigenvalue weighted by Gasteiger charge is -2.32. The molecular weight excluding hydrogens is 543 g/mol. The number of rotatable bonds is 10. The number of benzene rings is 3. The van der Waals surface area contributed by atoms with Crippen molar-refractivity contribution in [3.63, 3.8) is 0 Å². The first-order valence-electron chi connectivity index (χ1n) is 13.9. The number of hydrogen-bond donors (Lipinski definition) is 1. The molecule has 0 aromatic heterocycles. The van der Waals surface area contributed by atoms with Gasteiger partial charge in [-0.15, -0.1) is 0 Å². The molecule has 0 unspecified atom stereocenters. The second-order valence-corrected chi connectivity index (χ2v) is 12.4. The van der Waals surface area contributed by atoms with Crippen molar-refractivity contribution in [3.05, 3.63) is 99.5 Å². The minimum Gasteiger partial charge on any atom is -0.484 e. The normalized spacial score (nSPS) is 14.5. The minimum absolute atomic E-state index is 0.0142. The highest BCUT2D eigenvalue weighted by atomic mass is 35.5. The third-order valence-electron chi connectivity index (χ3n) is 7.41. The highest BCUT2D eigenvalue weighted by molar-refractivity contribution is 6.35. The summed E-state index contributed by atoms with van der Waals surface area (Å²) in [6.07, 6.45) is 4.47. The summed E-state index contributed by atoms with van der Waals surface area (Å²) in [6.45, 7) is 6.39. The van der Waals surface area contributed by atoms with E-state index >= 15 is 0 Å². The van der Waals surface area contributed by atoms with Crippen LogP contribution in [0.5, 0.6) is 5.75 Å². The summed E-state index contributed by atoms with van der Waals surface area (Å²) in [4.78, 5) is 29.2. The lowest BCUT2D eigenvalue weighted by Crippen LogP contribution is -2.53. The smallest absolute Gasteiger partial charge is 0.261 e. The molecule has 2 amide bonds. The van der Waals surface area contributed by atoms with Crippen LogP contribution < -0.4 is 10.1 Å². The Morgan fingerprint density at radius 3 is 2.27 bits per heavy atom. The maximum atomic E-state index is 13.9. The highest BCUT2D eigenvalue weighted by Crippen LogP contribution is 2.26. The van der Waals surface area contributed by atoms with Crippen molar-refractivity contribution in [2.45, 2.75) is 76.9 Å². The SMILES string of the molecule is CC(C)(C)c1ccc(OCC(=O)N(Cc2ccc(Cl)cc2Cl)[C@@H](Cc2ccccc2)C(=O)NC2CCCC2)cc1. The Hall–Kier alpha value is -3.02. The predicted octanol–water partition coefficient (Wildman–Crippen LogP) is 7.37. The third-order valence-corrected chi connectivity index (χ3v) is 8.00. The summed E-state index contributed by atoms with van der Waals surface area (Å²) in [5.74, 6) is 0.137. The predicted molar refractivity (Wildman–Crippen MR) is 162 cm³/mol. The number of nitrogens with one attached hydrogen (secondary N) is 1. The molecule has 0 aliphatic heterocycles. The fourth-order valence-electron chi connectivity index (χ4n) is 5.03. The van der Waals surface area contributed by atoms with Crippen molar-refractivity contribution in [3.8, 4) is 5.75 Å². The average molecular weight is 582 g/mol. The van der Waals surface area contributed by atoms with E-state index in [0.717, 1.165) is 31.2 Å². The van der Waals surface area contributed by atoms with Crippen molar-refractivity contribution in [1.29, 1.82) is 0 Å². The molecule has 4 rings (SSSR count). The van der Waals surface area contributed by atoms with Crippen LogP contribution in [0.4, 0.5) is 0 Å². The average Bonchev–Trinajstić information content (AvgIpc) is 3.43. The van der Waals surface area contributed by atoms with E-state index < -0.39 is 6.04 Å². The lowest BCUT2D eigenvalue weighted by molar-refractivity contribution is -0.143. The van der Waals surface area contributed by atoms with Gasteiger partial charge in [0.25, 0.3) is 5.91 Å². The van der Waals surface area contributed by atoms with Crippen LogP contribution in [0, 0.1) is 0 Å². The van der Waals surface area contributed by atoms with Gasteiger partial charge in [-0.1, -0.05) is 105 Å². The van der Waals surface area contributed by atoms with Crippen LogP contribution in [0.25, 0.3) is 0 Å². The summed E-state index contributed by atoms with van der Waals surface area (Å²) in [6, 6.07) is 22.1. The molecule has 212 valence electrons. The Labute approximate surface area is 247 Å². The van der Waals surface area contributed by atoms with E-state index in [1.807, 2.05) is 54.6 Å². The van der Waals surface area contributed by atoms with Crippen molar-refractivity contribution in [2.24, 2.45) is 0 Å². The molecule has 1 atom stereocenters. The maximum Gasteiger partial charge on any atom is 0.261 e. The maximum absolute atomic E-state index is 13.9. The molecule has 0 bridgehead atoms. The molecule has 1 saturated carbocycles. The molecule has 0 spiro atoms. The van der Waals surface area contributed by atoms with E-state index in [4.69, 9.17) is 27.9 Å². The molecular formula is C33H38Cl2N2O3. The van der Waals surface area contributed by atoms with Crippen molar-refractivity contribution < 1.29 is 14.3 Å². The largest absolute Gasteiger partial charge is 0.484 e. The van der Waals surface area contributed by atoms with Gasteiger partial charge in [-0.3, -0.25) is 9.59 Å². The molecule has 1 N–H and O–H groups in total. The zero-order chi connectivity index (χ0) is 28.7. The summed E-state index contributed by atoms with van der Waals surface area (Å²) in [7, 11) is 0. The van der Waals surface area contributed by atoms with Gasteiger partial charge in [0.15, 0.2) is 6.61 Å². The standard InChI is InChI=1S/C33H38Cl2N2O3/c1-33(2,3)25-14-17-28(18-15-25)40-22-31(38)37(21-24-13-16-26(34)20-29(24)35)30(19-23-9-5-4-6-10-23)32(39)36-27-11-7-8-12-27/h4-6,9-10,13-18,20,27,30H,7-8,11-12,19,21-22H2,1-3H3,(H,36,39)/t30-/m0/s1. The third kappa shape index (κ3) is 8.25. The minimum atomic E-state index is -0.742. The highest BCUT2D eigenvalue weighted by Gasteiger charge is 2.33. The number of ether oxygens (including phenoxy) is 1. The Morgan fingerprint density at radius 1 is 0.975 bits per heavy atom. The first kappa shape index (κ1) is 30.0. The molecule has 0 radical (unpaired) electrons. The van der Waals surface area contributed by atoms with Crippen LogP contribution in [0.3, 0.4) is 0 Å². The summed E-state index contributed by atoms with van der Waals surface area (Å²) < 4.78 is 5.94. The van der Waals surface area contributed by atoms with E-state index in [0.29, 0.717) is 27.8 Å². The van der Waals surface area contributed by atoms with Crippen molar-refractivity contribution in [1.82, 2.24) is 10.2 Å². The van der Waals surface area contributed by atoms with Gasteiger partial charge in [0, 0.05) is 29.1 Å². The van der Waals surface area contributed by atoms with Crippen molar-refractivity contribution in [2.75, 3.05) is 6.61 Å². The zero-order valence-electron chi connectivity index (χ0n) is 23.5. The topological polar surface area (TPSA) is 58.6 Å². The molecule has 3 aromatic rings. The summed E-state index contributed by atoms with van der Waals surface area (Å²) >= 11 is 12.7. The first-order chi connectivity index (χ1) is 19.1. The van der Waals surface area contributed by atoms with Crippen LogP contribution in [0.1, 0.15) is 63.1 Å². The van der Waals surface area contributed by atoms with E-state index in [2.05, 4.69) is 26.1 Å². The van der Waals surface area contributed by atoms with Gasteiger partial charge in [0.1, 0.15) is 11.8 Å². The second-order valence-electron chi connectivity index (χ2n) is 11.5. The Bertz CT molecular complexity index is 1280. The van der Waals surface area contributed by atoms with Gasteiger partial charge >= 0.3 is 0 Å². The van der Waals surface area contributed by atoms with Gasteiger partial charge in [0.2, 0.25) is 5.91 Å². The number of hydrogen-bond acceptors (Lipinski definition) is 3. The van der Waals surface area contributed by atoms with Crippen LogP contribution in [0.2, 0.25) is 10.0 Å². The molecule has 7 heteroatoms. The number of nitrogens with zero attached hydrogens (tertiary/aromatic N) is 1. The van der Waals surface area contributed by atoms with Crippen LogP contribution in [-0.4, -0.2) is 35.4 Å². The van der Waals surface area contributed by atoms with Gasteiger partial charge in [-0.05, 0) is 59.2 Å². The molecule has 40 heavy (non-hydrogen) atoms. The number of carbonyl (C=O) groups excluding carboxylic acids is 2. The number of amides is 2. The van der Waals surface area contributed by atoms with E-state index in [1.54, 1.807) is 23.1 Å². The fourth-order valence-corrected chi connectivity index (χ4v) is 5.50.